The maximum absolute atomic E-state index is 5.92. The Labute approximate surface area is 101 Å². The number of ether oxygens (including phenoxy) is 1. The molecule has 1 rings (SSSR count). The van der Waals surface area contributed by atoms with Crippen molar-refractivity contribution in [1.29, 1.82) is 0 Å². The summed E-state index contributed by atoms with van der Waals surface area (Å²) in [6.07, 6.45) is 5.63. The molecular formula is C10H7BrCl2O. The van der Waals surface area contributed by atoms with Crippen LogP contribution in [0.3, 0.4) is 0 Å². The molecule has 14 heavy (non-hydrogen) atoms. The van der Waals surface area contributed by atoms with E-state index in [1.54, 1.807) is 12.1 Å². The third-order valence-corrected chi connectivity index (χ3v) is 2.97. The summed E-state index contributed by atoms with van der Waals surface area (Å²) in [6.45, 7) is 0.439. The van der Waals surface area contributed by atoms with Crippen LogP contribution < -0.4 is 4.74 Å². The second-order valence-corrected chi connectivity index (χ2v) is 4.17. The van der Waals surface area contributed by atoms with Crippen LogP contribution in [0.2, 0.25) is 10.0 Å². The number of hydrogen-bond donors (Lipinski definition) is 0. The Morgan fingerprint density at radius 1 is 1.36 bits per heavy atom. The zero-order chi connectivity index (χ0) is 10.6. The van der Waals surface area contributed by atoms with Gasteiger partial charge >= 0.3 is 0 Å². The fourth-order valence-electron chi connectivity index (χ4n) is 0.835. The summed E-state index contributed by atoms with van der Waals surface area (Å²) in [5.74, 6) is 3.02. The van der Waals surface area contributed by atoms with Crippen LogP contribution in [0.25, 0.3) is 0 Å². The van der Waals surface area contributed by atoms with Gasteiger partial charge in [0.15, 0.2) is 0 Å². The van der Waals surface area contributed by atoms with Gasteiger partial charge in [-0.15, -0.1) is 12.3 Å². The molecule has 0 unspecified atom stereocenters. The molecule has 1 nitrogen and oxygen atoms in total. The molecule has 0 atom stereocenters. The van der Waals surface area contributed by atoms with Gasteiger partial charge in [-0.1, -0.05) is 23.2 Å². The molecule has 0 radical (unpaired) electrons. The number of halogens is 3. The van der Waals surface area contributed by atoms with Gasteiger partial charge in [-0.2, -0.15) is 0 Å². The summed E-state index contributed by atoms with van der Waals surface area (Å²) in [5.41, 5.74) is 0. The first-order chi connectivity index (χ1) is 6.65. The minimum absolute atomic E-state index is 0.439. The minimum Gasteiger partial charge on any atom is -0.491 e. The van der Waals surface area contributed by atoms with Gasteiger partial charge in [0.1, 0.15) is 5.75 Å². The van der Waals surface area contributed by atoms with Crippen molar-refractivity contribution in [3.8, 4) is 18.1 Å². The molecule has 0 aromatic heterocycles. The van der Waals surface area contributed by atoms with Crippen molar-refractivity contribution in [3.63, 3.8) is 0 Å². The Bertz CT molecular complexity index is 371. The third-order valence-electron chi connectivity index (χ3n) is 1.48. The molecule has 4 heteroatoms. The maximum Gasteiger partial charge on any atom is 0.139 e. The topological polar surface area (TPSA) is 9.23 Å². The second-order valence-electron chi connectivity index (χ2n) is 2.50. The van der Waals surface area contributed by atoms with Crippen LogP contribution in [0.1, 0.15) is 6.42 Å². The van der Waals surface area contributed by atoms with E-state index >= 15 is 0 Å². The van der Waals surface area contributed by atoms with Crippen LogP contribution in [0, 0.1) is 12.3 Å². The van der Waals surface area contributed by atoms with E-state index in [0.29, 0.717) is 28.8 Å². The van der Waals surface area contributed by atoms with Crippen LogP contribution in [-0.4, -0.2) is 6.61 Å². The predicted molar refractivity (Wildman–Crippen MR) is 63.1 cm³/mol. The van der Waals surface area contributed by atoms with Crippen molar-refractivity contribution in [1.82, 2.24) is 0 Å². The number of rotatable bonds is 3. The smallest absolute Gasteiger partial charge is 0.139 e. The van der Waals surface area contributed by atoms with E-state index in [1.165, 1.54) is 0 Å². The summed E-state index contributed by atoms with van der Waals surface area (Å²) in [6, 6.07) is 3.35. The van der Waals surface area contributed by atoms with E-state index in [0.717, 1.165) is 4.47 Å². The molecule has 0 aliphatic heterocycles. The van der Waals surface area contributed by atoms with E-state index < -0.39 is 0 Å². The molecule has 74 valence electrons. The van der Waals surface area contributed by atoms with Crippen molar-refractivity contribution < 1.29 is 4.74 Å². The summed E-state index contributed by atoms with van der Waals surface area (Å²) < 4.78 is 6.08. The fraction of sp³-hybridized carbons (Fsp3) is 0.200. The van der Waals surface area contributed by atoms with Crippen molar-refractivity contribution in [2.45, 2.75) is 6.42 Å². The van der Waals surface area contributed by atoms with Crippen molar-refractivity contribution in [3.05, 3.63) is 26.7 Å². The van der Waals surface area contributed by atoms with Crippen LogP contribution in [0.4, 0.5) is 0 Å². The Balaban J connectivity index is 2.78. The first kappa shape index (κ1) is 11.7. The molecule has 0 spiro atoms. The fourth-order valence-corrected chi connectivity index (χ4v) is 1.68. The molecule has 0 amide bonds. The zero-order valence-electron chi connectivity index (χ0n) is 7.19. The normalized spacial score (nSPS) is 9.57. The van der Waals surface area contributed by atoms with E-state index in [1.807, 2.05) is 0 Å². The zero-order valence-corrected chi connectivity index (χ0v) is 10.3. The predicted octanol–water partition coefficient (Wildman–Crippen LogP) is 4.16. The Hall–Kier alpha value is -0.360. The van der Waals surface area contributed by atoms with Crippen LogP contribution in [0.15, 0.2) is 16.6 Å². The lowest BCUT2D eigenvalue weighted by molar-refractivity contribution is 0.327. The summed E-state index contributed by atoms with van der Waals surface area (Å²) in [4.78, 5) is 0. The SMILES string of the molecule is C#CCCOc1cc(Cl)c(Br)cc1Cl. The van der Waals surface area contributed by atoms with Gasteiger partial charge in [0, 0.05) is 17.0 Å². The lowest BCUT2D eigenvalue weighted by Crippen LogP contribution is -1.96. The highest BCUT2D eigenvalue weighted by atomic mass is 79.9. The van der Waals surface area contributed by atoms with Gasteiger partial charge in [0.25, 0.3) is 0 Å². The van der Waals surface area contributed by atoms with Gasteiger partial charge < -0.3 is 4.74 Å². The number of benzene rings is 1. The number of terminal acetylenes is 1. The standard InChI is InChI=1S/C10H7BrCl2O/c1-2-3-4-14-10-6-8(12)7(11)5-9(10)13/h1,5-6H,3-4H2. The van der Waals surface area contributed by atoms with Gasteiger partial charge in [-0.05, 0) is 22.0 Å². The lowest BCUT2D eigenvalue weighted by atomic mass is 10.3. The quantitative estimate of drug-likeness (QED) is 0.462. The summed E-state index contributed by atoms with van der Waals surface area (Å²) >= 11 is 15.0. The van der Waals surface area contributed by atoms with E-state index in [4.69, 9.17) is 34.4 Å². The molecule has 0 bridgehead atoms. The first-order valence-corrected chi connectivity index (χ1v) is 5.41. The van der Waals surface area contributed by atoms with E-state index in [2.05, 4.69) is 21.9 Å². The molecule has 0 heterocycles. The molecule has 0 N–H and O–H groups in total. The van der Waals surface area contributed by atoms with Crippen LogP contribution in [-0.2, 0) is 0 Å². The van der Waals surface area contributed by atoms with Crippen molar-refractivity contribution in [2.75, 3.05) is 6.61 Å². The van der Waals surface area contributed by atoms with Crippen LogP contribution >= 0.6 is 39.1 Å². The maximum atomic E-state index is 5.92. The number of hydrogen-bond acceptors (Lipinski definition) is 1. The van der Waals surface area contributed by atoms with Crippen LogP contribution in [0.5, 0.6) is 5.75 Å². The van der Waals surface area contributed by atoms with E-state index in [-0.39, 0.29) is 0 Å². The molecule has 0 saturated carbocycles. The monoisotopic (exact) mass is 292 g/mol. The highest BCUT2D eigenvalue weighted by molar-refractivity contribution is 9.10. The van der Waals surface area contributed by atoms with E-state index in [9.17, 15) is 0 Å². The minimum atomic E-state index is 0.439. The lowest BCUT2D eigenvalue weighted by Gasteiger charge is -2.07. The Morgan fingerprint density at radius 2 is 2.07 bits per heavy atom. The Kier molecular flexibility index (Phi) is 4.60. The molecule has 1 aromatic rings. The highest BCUT2D eigenvalue weighted by Crippen LogP contribution is 2.33. The first-order valence-electron chi connectivity index (χ1n) is 3.86. The average molecular weight is 294 g/mol. The van der Waals surface area contributed by atoms with Crippen molar-refractivity contribution >= 4 is 39.1 Å². The molecule has 0 aliphatic carbocycles. The molecule has 0 aliphatic rings. The average Bonchev–Trinajstić information content (AvgIpc) is 2.14. The summed E-state index contributed by atoms with van der Waals surface area (Å²) in [7, 11) is 0. The van der Waals surface area contributed by atoms with Gasteiger partial charge in [-0.25, -0.2) is 0 Å². The molecule has 0 fully saturated rings. The Morgan fingerprint density at radius 3 is 2.71 bits per heavy atom. The van der Waals surface area contributed by atoms with Crippen molar-refractivity contribution in [2.24, 2.45) is 0 Å². The summed E-state index contributed by atoms with van der Waals surface area (Å²) in [5, 5.41) is 1.07. The second kappa shape index (κ2) is 5.50. The largest absolute Gasteiger partial charge is 0.491 e. The highest BCUT2D eigenvalue weighted by Gasteiger charge is 2.05. The third kappa shape index (κ3) is 3.09. The molecule has 1 aromatic carbocycles. The van der Waals surface area contributed by atoms with Gasteiger partial charge in [-0.3, -0.25) is 0 Å². The van der Waals surface area contributed by atoms with Gasteiger partial charge in [0.05, 0.1) is 16.7 Å². The van der Waals surface area contributed by atoms with Gasteiger partial charge in [0.2, 0.25) is 0 Å². The molecular weight excluding hydrogens is 287 g/mol. The molecule has 0 saturated heterocycles.